The lowest BCUT2D eigenvalue weighted by atomic mass is 10.1. The third kappa shape index (κ3) is 3.26. The zero-order chi connectivity index (χ0) is 14.8. The molecular formula is C14H12F4N2. The minimum Gasteiger partial charge on any atom is -0.380 e. The number of nitrogens with zero attached hydrogens (tertiary/aromatic N) is 1. The van der Waals surface area contributed by atoms with Crippen LogP contribution in [-0.4, -0.2) is 4.98 Å². The van der Waals surface area contributed by atoms with E-state index in [2.05, 4.69) is 10.3 Å². The average Bonchev–Trinajstić information content (AvgIpc) is 2.38. The van der Waals surface area contributed by atoms with E-state index in [0.717, 1.165) is 23.5 Å². The first kappa shape index (κ1) is 14.3. The monoisotopic (exact) mass is 284 g/mol. The van der Waals surface area contributed by atoms with Gasteiger partial charge in [-0.3, -0.25) is 4.98 Å². The van der Waals surface area contributed by atoms with Crippen molar-refractivity contribution in [1.29, 1.82) is 0 Å². The Morgan fingerprint density at radius 3 is 2.60 bits per heavy atom. The van der Waals surface area contributed by atoms with E-state index in [1.807, 2.05) is 0 Å². The molecule has 0 amide bonds. The minimum absolute atomic E-state index is 0.163. The lowest BCUT2D eigenvalue weighted by Gasteiger charge is -2.12. The Bertz CT molecular complexity index is 608. The van der Waals surface area contributed by atoms with Gasteiger partial charge in [-0.2, -0.15) is 13.2 Å². The van der Waals surface area contributed by atoms with Crippen LogP contribution in [0.15, 0.2) is 36.5 Å². The average molecular weight is 284 g/mol. The highest BCUT2D eigenvalue weighted by Gasteiger charge is 2.34. The first-order valence-corrected chi connectivity index (χ1v) is 5.89. The number of aromatic nitrogens is 1. The molecular weight excluding hydrogens is 272 g/mol. The van der Waals surface area contributed by atoms with E-state index in [-0.39, 0.29) is 6.54 Å². The van der Waals surface area contributed by atoms with Crippen LogP contribution in [-0.2, 0) is 12.7 Å². The molecule has 0 unspecified atom stereocenters. The van der Waals surface area contributed by atoms with Crippen molar-refractivity contribution in [2.45, 2.75) is 19.6 Å². The van der Waals surface area contributed by atoms with Gasteiger partial charge >= 0.3 is 6.18 Å². The van der Waals surface area contributed by atoms with Crippen LogP contribution in [0.1, 0.15) is 16.8 Å². The molecule has 0 radical (unpaired) electrons. The van der Waals surface area contributed by atoms with Gasteiger partial charge in [-0.05, 0) is 36.8 Å². The predicted octanol–water partition coefficient (Wildman–Crippen LogP) is 4.16. The highest BCUT2D eigenvalue weighted by atomic mass is 19.4. The van der Waals surface area contributed by atoms with E-state index in [1.165, 1.54) is 6.07 Å². The van der Waals surface area contributed by atoms with Gasteiger partial charge in [0.25, 0.3) is 0 Å². The number of aryl methyl sites for hydroxylation is 1. The Morgan fingerprint density at radius 1 is 1.20 bits per heavy atom. The van der Waals surface area contributed by atoms with E-state index in [9.17, 15) is 17.6 Å². The van der Waals surface area contributed by atoms with E-state index < -0.39 is 17.6 Å². The molecule has 0 bridgehead atoms. The maximum absolute atomic E-state index is 13.1. The molecule has 0 saturated carbocycles. The maximum atomic E-state index is 13.1. The lowest BCUT2D eigenvalue weighted by molar-refractivity contribution is -0.140. The Morgan fingerprint density at radius 2 is 1.95 bits per heavy atom. The fourth-order valence-corrected chi connectivity index (χ4v) is 1.77. The van der Waals surface area contributed by atoms with Crippen LogP contribution in [0, 0.1) is 12.7 Å². The normalized spacial score (nSPS) is 11.4. The van der Waals surface area contributed by atoms with Crippen molar-refractivity contribution >= 4 is 5.69 Å². The van der Waals surface area contributed by atoms with Gasteiger partial charge < -0.3 is 5.32 Å². The fraction of sp³-hybridized carbons (Fsp3) is 0.214. The second kappa shape index (κ2) is 5.48. The van der Waals surface area contributed by atoms with Crippen LogP contribution in [0.5, 0.6) is 0 Å². The van der Waals surface area contributed by atoms with E-state index >= 15 is 0 Å². The van der Waals surface area contributed by atoms with Gasteiger partial charge in [0, 0.05) is 12.7 Å². The Hall–Kier alpha value is -2.11. The molecule has 6 heteroatoms. The van der Waals surface area contributed by atoms with Gasteiger partial charge in [-0.25, -0.2) is 4.39 Å². The molecule has 1 aromatic heterocycles. The summed E-state index contributed by atoms with van der Waals surface area (Å²) >= 11 is 0. The zero-order valence-corrected chi connectivity index (χ0v) is 10.6. The topological polar surface area (TPSA) is 24.9 Å². The second-order valence-corrected chi connectivity index (χ2v) is 4.30. The number of halogens is 4. The molecule has 0 aliphatic carbocycles. The highest BCUT2D eigenvalue weighted by molar-refractivity contribution is 5.47. The van der Waals surface area contributed by atoms with Gasteiger partial charge in [0.05, 0.1) is 16.9 Å². The number of pyridine rings is 1. The number of anilines is 1. The zero-order valence-electron chi connectivity index (χ0n) is 10.6. The Labute approximate surface area is 113 Å². The van der Waals surface area contributed by atoms with Gasteiger partial charge in [0.15, 0.2) is 0 Å². The standard InChI is InChI=1S/C14H12F4N2/c1-9-13(3-2-6-19-9)20-8-10-4-5-12(15)11(7-10)14(16,17)18/h2-7,20H,8H2,1H3. The molecule has 1 N–H and O–H groups in total. The van der Waals surface area contributed by atoms with Gasteiger partial charge in [0.2, 0.25) is 0 Å². The number of benzene rings is 1. The summed E-state index contributed by atoms with van der Waals surface area (Å²) in [5.41, 5.74) is 0.567. The molecule has 20 heavy (non-hydrogen) atoms. The van der Waals surface area contributed by atoms with Gasteiger partial charge in [-0.1, -0.05) is 6.07 Å². The maximum Gasteiger partial charge on any atom is 0.419 e. The Balaban J connectivity index is 2.17. The number of nitrogens with one attached hydrogen (secondary N) is 1. The molecule has 0 aliphatic heterocycles. The quantitative estimate of drug-likeness (QED) is 0.856. The molecule has 106 valence electrons. The molecule has 1 heterocycles. The van der Waals surface area contributed by atoms with Crippen molar-refractivity contribution < 1.29 is 17.6 Å². The van der Waals surface area contributed by atoms with Crippen LogP contribution in [0.3, 0.4) is 0 Å². The van der Waals surface area contributed by atoms with Crippen LogP contribution < -0.4 is 5.32 Å². The summed E-state index contributed by atoms with van der Waals surface area (Å²) in [5, 5.41) is 2.98. The molecule has 0 aliphatic rings. The van der Waals surface area contributed by atoms with Crippen LogP contribution >= 0.6 is 0 Å². The van der Waals surface area contributed by atoms with Crippen molar-refractivity contribution in [1.82, 2.24) is 4.98 Å². The molecule has 0 saturated heterocycles. The van der Waals surface area contributed by atoms with Crippen LogP contribution in [0.2, 0.25) is 0 Å². The minimum atomic E-state index is -4.69. The first-order valence-electron chi connectivity index (χ1n) is 5.89. The van der Waals surface area contributed by atoms with E-state index in [1.54, 1.807) is 25.3 Å². The second-order valence-electron chi connectivity index (χ2n) is 4.30. The Kier molecular flexibility index (Phi) is 3.92. The van der Waals surface area contributed by atoms with Gasteiger partial charge in [-0.15, -0.1) is 0 Å². The summed E-state index contributed by atoms with van der Waals surface area (Å²) in [7, 11) is 0. The fourth-order valence-electron chi connectivity index (χ4n) is 1.77. The third-order valence-electron chi connectivity index (χ3n) is 2.83. The van der Waals surface area contributed by atoms with Crippen molar-refractivity contribution in [2.75, 3.05) is 5.32 Å². The molecule has 2 nitrogen and oxygen atoms in total. The van der Waals surface area contributed by atoms with Crippen LogP contribution in [0.25, 0.3) is 0 Å². The van der Waals surface area contributed by atoms with E-state index in [0.29, 0.717) is 5.56 Å². The molecule has 0 fully saturated rings. The molecule has 2 aromatic rings. The molecule has 1 aromatic carbocycles. The summed E-state index contributed by atoms with van der Waals surface area (Å²) in [6.07, 6.45) is -3.07. The summed E-state index contributed by atoms with van der Waals surface area (Å²) in [6, 6.07) is 6.46. The predicted molar refractivity (Wildman–Crippen MR) is 67.7 cm³/mol. The summed E-state index contributed by atoms with van der Waals surface area (Å²) in [5.74, 6) is -1.26. The third-order valence-corrected chi connectivity index (χ3v) is 2.83. The number of hydrogen-bond donors (Lipinski definition) is 1. The number of rotatable bonds is 3. The lowest BCUT2D eigenvalue weighted by Crippen LogP contribution is -2.10. The van der Waals surface area contributed by atoms with E-state index in [4.69, 9.17) is 0 Å². The number of hydrogen-bond acceptors (Lipinski definition) is 2. The van der Waals surface area contributed by atoms with Gasteiger partial charge in [0.1, 0.15) is 5.82 Å². The smallest absolute Gasteiger partial charge is 0.380 e. The molecule has 2 rings (SSSR count). The SMILES string of the molecule is Cc1ncccc1NCc1ccc(F)c(C(F)(F)F)c1. The van der Waals surface area contributed by atoms with Crippen molar-refractivity contribution in [3.05, 3.63) is 59.2 Å². The van der Waals surface area contributed by atoms with Crippen molar-refractivity contribution in [3.8, 4) is 0 Å². The first-order chi connectivity index (χ1) is 9.38. The summed E-state index contributed by atoms with van der Waals surface area (Å²) in [4.78, 5) is 4.06. The highest BCUT2D eigenvalue weighted by Crippen LogP contribution is 2.32. The number of alkyl halides is 3. The largest absolute Gasteiger partial charge is 0.419 e. The summed E-state index contributed by atoms with van der Waals surface area (Å²) < 4.78 is 50.9. The van der Waals surface area contributed by atoms with Crippen LogP contribution in [0.4, 0.5) is 23.2 Å². The molecule has 0 spiro atoms. The van der Waals surface area contributed by atoms with Crippen molar-refractivity contribution in [2.24, 2.45) is 0 Å². The molecule has 0 atom stereocenters. The van der Waals surface area contributed by atoms with Crippen molar-refractivity contribution in [3.63, 3.8) is 0 Å². The summed E-state index contributed by atoms with van der Waals surface area (Å²) in [6.45, 7) is 1.95.